The zero-order chi connectivity index (χ0) is 21.4. The number of piperazine rings is 1. The molecular weight excluding hydrogens is 398 g/mol. The molecule has 3 aliphatic heterocycles. The molecule has 4 rings (SSSR count). The maximum absolute atomic E-state index is 14.9. The molecule has 3 aliphatic rings. The highest BCUT2D eigenvalue weighted by Gasteiger charge is 2.40. The van der Waals surface area contributed by atoms with Crippen LogP contribution < -0.4 is 21.7 Å². The minimum atomic E-state index is -1.17. The van der Waals surface area contributed by atoms with Gasteiger partial charge in [-0.05, 0) is 0 Å². The van der Waals surface area contributed by atoms with Crippen LogP contribution in [0.5, 0.6) is 0 Å². The lowest BCUT2D eigenvalue weighted by Gasteiger charge is -2.45. The molecule has 10 nitrogen and oxygen atoms in total. The van der Waals surface area contributed by atoms with Crippen LogP contribution in [0.15, 0.2) is 0 Å². The summed E-state index contributed by atoms with van der Waals surface area (Å²) in [6.45, 7) is 4.39. The van der Waals surface area contributed by atoms with Gasteiger partial charge in [-0.25, -0.2) is 13.5 Å². The van der Waals surface area contributed by atoms with E-state index in [4.69, 9.17) is 5.73 Å². The van der Waals surface area contributed by atoms with E-state index in [1.807, 2.05) is 4.90 Å². The van der Waals surface area contributed by atoms with Crippen molar-refractivity contribution < 1.29 is 18.4 Å². The van der Waals surface area contributed by atoms with E-state index in [2.05, 4.69) is 21.0 Å². The Morgan fingerprint density at radius 3 is 2.60 bits per heavy atom. The van der Waals surface area contributed by atoms with Gasteiger partial charge in [0.15, 0.2) is 5.82 Å². The van der Waals surface area contributed by atoms with Crippen molar-refractivity contribution in [3.05, 3.63) is 5.56 Å². The Hall–Kier alpha value is -2.47. The minimum absolute atomic E-state index is 0.00564. The summed E-state index contributed by atoms with van der Waals surface area (Å²) in [6, 6.07) is -1.00. The summed E-state index contributed by atoms with van der Waals surface area (Å²) in [5, 5.41) is 12.8. The number of anilines is 2. The van der Waals surface area contributed by atoms with E-state index < -0.39 is 30.3 Å². The van der Waals surface area contributed by atoms with Crippen molar-refractivity contribution in [2.45, 2.75) is 37.9 Å². The zero-order valence-electron chi connectivity index (χ0n) is 16.9. The first kappa shape index (κ1) is 20.8. The van der Waals surface area contributed by atoms with Crippen molar-refractivity contribution in [3.8, 4) is 0 Å². The average molecular weight is 426 g/mol. The Balaban J connectivity index is 1.49. The van der Waals surface area contributed by atoms with Gasteiger partial charge in [-0.1, -0.05) is 0 Å². The zero-order valence-corrected chi connectivity index (χ0v) is 16.9. The first-order valence-electron chi connectivity index (χ1n) is 10.2. The smallest absolute Gasteiger partial charge is 0.259 e. The second kappa shape index (κ2) is 8.34. The Labute approximate surface area is 173 Å². The van der Waals surface area contributed by atoms with Crippen LogP contribution >= 0.6 is 0 Å². The number of nitrogens with zero attached hydrogens (tertiary/aromatic N) is 4. The molecule has 0 spiro atoms. The van der Waals surface area contributed by atoms with Crippen LogP contribution in [0.4, 0.5) is 20.4 Å². The third-order valence-corrected chi connectivity index (χ3v) is 6.05. The summed E-state index contributed by atoms with van der Waals surface area (Å²) in [4.78, 5) is 28.3. The molecule has 2 amide bonds. The summed E-state index contributed by atoms with van der Waals surface area (Å²) in [5.41, 5.74) is 6.08. The van der Waals surface area contributed by atoms with Gasteiger partial charge >= 0.3 is 0 Å². The number of fused-ring (bicyclic) bond motifs is 1. The van der Waals surface area contributed by atoms with Crippen molar-refractivity contribution >= 4 is 23.5 Å². The maximum Gasteiger partial charge on any atom is 0.259 e. The van der Waals surface area contributed by atoms with Gasteiger partial charge in [0.25, 0.3) is 5.91 Å². The fraction of sp³-hybridized carbons (Fsp3) is 0.722. The van der Waals surface area contributed by atoms with Gasteiger partial charge in [0.05, 0.1) is 18.6 Å². The molecule has 0 saturated carbocycles. The van der Waals surface area contributed by atoms with Crippen LogP contribution in [0.25, 0.3) is 0 Å². The number of nitrogens with one attached hydrogen (secondary N) is 3. The molecule has 2 fully saturated rings. The highest BCUT2D eigenvalue weighted by atomic mass is 19.1. The first-order chi connectivity index (χ1) is 14.3. The first-order valence-corrected chi connectivity index (χ1v) is 10.2. The molecule has 0 aliphatic carbocycles. The van der Waals surface area contributed by atoms with Gasteiger partial charge < -0.3 is 26.6 Å². The van der Waals surface area contributed by atoms with Crippen molar-refractivity contribution in [1.82, 2.24) is 30.2 Å². The SMILES string of the molecule is CC(=O)N1CCN(C2C(F)CNCC2NC(=O)c2c(N)nn3c2NCC(F)C3)CC1. The lowest BCUT2D eigenvalue weighted by atomic mass is 9.96. The van der Waals surface area contributed by atoms with E-state index in [-0.39, 0.29) is 36.9 Å². The molecule has 1 aromatic rings. The molecule has 0 aromatic carbocycles. The van der Waals surface area contributed by atoms with E-state index in [0.29, 0.717) is 38.5 Å². The van der Waals surface area contributed by atoms with Gasteiger partial charge in [-0.15, -0.1) is 0 Å². The van der Waals surface area contributed by atoms with Crippen LogP contribution in [0.3, 0.4) is 0 Å². The van der Waals surface area contributed by atoms with Gasteiger partial charge in [0.1, 0.15) is 23.7 Å². The summed E-state index contributed by atoms with van der Waals surface area (Å²) < 4.78 is 29.9. The van der Waals surface area contributed by atoms with Crippen LogP contribution in [-0.2, 0) is 11.3 Å². The fourth-order valence-corrected chi connectivity index (χ4v) is 4.54. The molecule has 5 N–H and O–H groups in total. The molecule has 30 heavy (non-hydrogen) atoms. The van der Waals surface area contributed by atoms with Crippen LogP contribution in [-0.4, -0.2) is 102 Å². The third-order valence-electron chi connectivity index (χ3n) is 6.05. The van der Waals surface area contributed by atoms with Crippen LogP contribution in [0.1, 0.15) is 17.3 Å². The lowest BCUT2D eigenvalue weighted by Crippen LogP contribution is -2.67. The molecular formula is C18H28F2N8O2. The topological polar surface area (TPSA) is 121 Å². The normalized spacial score (nSPS) is 29.8. The van der Waals surface area contributed by atoms with Crippen molar-refractivity contribution in [2.75, 3.05) is 56.9 Å². The number of piperidine rings is 1. The van der Waals surface area contributed by atoms with Gasteiger partial charge in [-0.3, -0.25) is 14.5 Å². The summed E-state index contributed by atoms with van der Waals surface area (Å²) in [6.07, 6.45) is -2.28. The predicted molar refractivity (Wildman–Crippen MR) is 107 cm³/mol. The molecule has 0 radical (unpaired) electrons. The Kier molecular flexibility index (Phi) is 5.78. The summed E-state index contributed by atoms with van der Waals surface area (Å²) in [7, 11) is 0. The number of hydrogen-bond acceptors (Lipinski definition) is 7. The van der Waals surface area contributed by atoms with E-state index >= 15 is 0 Å². The lowest BCUT2D eigenvalue weighted by molar-refractivity contribution is -0.131. The molecule has 0 bridgehead atoms. The summed E-state index contributed by atoms with van der Waals surface area (Å²) in [5.74, 6) is -0.0692. The Bertz CT molecular complexity index is 810. The second-order valence-corrected chi connectivity index (χ2v) is 8.06. The number of rotatable bonds is 3. The fourth-order valence-electron chi connectivity index (χ4n) is 4.54. The maximum atomic E-state index is 14.9. The number of halogens is 2. The number of carbonyl (C=O) groups is 2. The Morgan fingerprint density at radius 1 is 1.17 bits per heavy atom. The highest BCUT2D eigenvalue weighted by Crippen LogP contribution is 2.26. The van der Waals surface area contributed by atoms with E-state index in [0.717, 1.165) is 0 Å². The number of nitrogens with two attached hydrogens (primary N) is 1. The molecule has 4 heterocycles. The van der Waals surface area contributed by atoms with E-state index in [9.17, 15) is 18.4 Å². The Morgan fingerprint density at radius 2 is 1.90 bits per heavy atom. The molecule has 12 heteroatoms. The summed E-state index contributed by atoms with van der Waals surface area (Å²) >= 11 is 0. The number of aromatic nitrogens is 2. The number of nitrogen functional groups attached to an aromatic ring is 1. The van der Waals surface area contributed by atoms with Crippen LogP contribution in [0, 0.1) is 0 Å². The van der Waals surface area contributed by atoms with E-state index in [1.165, 1.54) is 11.6 Å². The number of hydrogen-bond donors (Lipinski definition) is 4. The quantitative estimate of drug-likeness (QED) is 0.479. The predicted octanol–water partition coefficient (Wildman–Crippen LogP) is -1.20. The van der Waals surface area contributed by atoms with Gasteiger partial charge in [0, 0.05) is 52.7 Å². The molecule has 1 aromatic heterocycles. The van der Waals surface area contributed by atoms with Crippen molar-refractivity contribution in [3.63, 3.8) is 0 Å². The molecule has 2 saturated heterocycles. The van der Waals surface area contributed by atoms with E-state index in [1.54, 1.807) is 4.90 Å². The monoisotopic (exact) mass is 426 g/mol. The van der Waals surface area contributed by atoms with Gasteiger partial charge in [-0.2, -0.15) is 5.10 Å². The second-order valence-electron chi connectivity index (χ2n) is 8.06. The molecule has 4 atom stereocenters. The largest absolute Gasteiger partial charge is 0.381 e. The standard InChI is InChI=1S/C18H28F2N8O2/c1-10(29)26-2-4-27(5-3-26)15-12(20)7-22-8-13(15)24-18(30)14-16(21)25-28-9-11(19)6-23-17(14)28/h11-13,15,22-23H,2-9H2,1H3,(H2,21,25)(H,24,30). The number of amides is 2. The third kappa shape index (κ3) is 3.93. The minimum Gasteiger partial charge on any atom is -0.381 e. The molecule has 4 unspecified atom stereocenters. The van der Waals surface area contributed by atoms with Gasteiger partial charge in [0.2, 0.25) is 5.91 Å². The van der Waals surface area contributed by atoms with Crippen molar-refractivity contribution in [2.24, 2.45) is 0 Å². The molecule has 166 valence electrons. The number of carbonyl (C=O) groups excluding carboxylic acids is 2. The van der Waals surface area contributed by atoms with Crippen molar-refractivity contribution in [1.29, 1.82) is 0 Å². The van der Waals surface area contributed by atoms with Crippen LogP contribution in [0.2, 0.25) is 0 Å². The average Bonchev–Trinajstić information content (AvgIpc) is 3.03. The number of alkyl halides is 2. The highest BCUT2D eigenvalue weighted by molar-refractivity contribution is 6.03.